The third-order valence-corrected chi connectivity index (χ3v) is 3.87. The van der Waals surface area contributed by atoms with Crippen LogP contribution in [0.15, 0.2) is 30.3 Å². The number of hydrogen-bond acceptors (Lipinski definition) is 3. The van der Waals surface area contributed by atoms with Crippen molar-refractivity contribution in [2.45, 2.75) is 33.2 Å². The minimum absolute atomic E-state index is 0.0361. The first kappa shape index (κ1) is 16.7. The van der Waals surface area contributed by atoms with E-state index in [1.165, 1.54) is 0 Å². The first-order chi connectivity index (χ1) is 11.0. The number of carbonyl (C=O) groups is 2. The quantitative estimate of drug-likeness (QED) is 0.855. The van der Waals surface area contributed by atoms with Crippen LogP contribution < -0.4 is 5.32 Å². The molecule has 0 aliphatic carbocycles. The number of aryl methyl sites for hydroxylation is 2. The predicted molar refractivity (Wildman–Crippen MR) is 86.5 cm³/mol. The highest BCUT2D eigenvalue weighted by molar-refractivity contribution is 5.96. The Morgan fingerprint density at radius 1 is 1.26 bits per heavy atom. The molecule has 0 spiro atoms. The van der Waals surface area contributed by atoms with Gasteiger partial charge in [0.1, 0.15) is 0 Å². The molecule has 0 saturated carbocycles. The van der Waals surface area contributed by atoms with Crippen molar-refractivity contribution in [3.8, 4) is 0 Å². The highest BCUT2D eigenvalue weighted by atomic mass is 16.4. The van der Waals surface area contributed by atoms with Crippen molar-refractivity contribution < 1.29 is 14.7 Å². The predicted octanol–water partition coefficient (Wildman–Crippen LogP) is 2.12. The van der Waals surface area contributed by atoms with E-state index in [2.05, 4.69) is 10.4 Å². The van der Waals surface area contributed by atoms with Crippen LogP contribution in [0.25, 0.3) is 0 Å². The van der Waals surface area contributed by atoms with Gasteiger partial charge >= 0.3 is 5.97 Å². The summed E-state index contributed by atoms with van der Waals surface area (Å²) in [6.07, 6.45) is 0. The molecule has 2 N–H and O–H groups in total. The molecule has 2 aromatic rings. The summed E-state index contributed by atoms with van der Waals surface area (Å²) < 4.78 is 1.76. The SMILES string of the molecule is CCn1nc(C)c(C(=O)NC[C@H](C(=O)O)c2ccccc2)c1C. The third-order valence-electron chi connectivity index (χ3n) is 3.87. The molecule has 1 aromatic carbocycles. The van der Waals surface area contributed by atoms with Gasteiger partial charge in [-0.25, -0.2) is 0 Å². The molecule has 1 atom stereocenters. The Balaban J connectivity index is 2.14. The number of nitrogens with zero attached hydrogens (tertiary/aromatic N) is 2. The molecule has 0 bridgehead atoms. The van der Waals surface area contributed by atoms with E-state index in [-0.39, 0.29) is 12.5 Å². The molecule has 0 radical (unpaired) electrons. The molecule has 6 heteroatoms. The van der Waals surface area contributed by atoms with Crippen LogP contribution in [0.3, 0.4) is 0 Å². The zero-order valence-electron chi connectivity index (χ0n) is 13.5. The van der Waals surface area contributed by atoms with Crippen LogP contribution in [-0.2, 0) is 11.3 Å². The second-order valence-electron chi connectivity index (χ2n) is 5.37. The molecule has 0 fully saturated rings. The normalized spacial score (nSPS) is 12.0. The standard InChI is InChI=1S/C17H21N3O3/c1-4-20-12(3)15(11(2)19-20)16(21)18-10-14(17(22)23)13-8-6-5-7-9-13/h5-9,14H,4,10H2,1-3H3,(H,18,21)(H,22,23)/t14-/m0/s1. The lowest BCUT2D eigenvalue weighted by Crippen LogP contribution is -2.32. The van der Waals surface area contributed by atoms with E-state index in [1.807, 2.05) is 19.9 Å². The van der Waals surface area contributed by atoms with Gasteiger partial charge in [0.2, 0.25) is 0 Å². The topological polar surface area (TPSA) is 84.2 Å². The highest BCUT2D eigenvalue weighted by Crippen LogP contribution is 2.16. The van der Waals surface area contributed by atoms with Gasteiger partial charge in [0.05, 0.1) is 17.2 Å². The minimum Gasteiger partial charge on any atom is -0.481 e. The van der Waals surface area contributed by atoms with Crippen LogP contribution in [0.1, 0.15) is 40.2 Å². The smallest absolute Gasteiger partial charge is 0.312 e. The van der Waals surface area contributed by atoms with E-state index in [1.54, 1.807) is 35.9 Å². The summed E-state index contributed by atoms with van der Waals surface area (Å²) in [6, 6.07) is 8.89. The summed E-state index contributed by atoms with van der Waals surface area (Å²) in [5.41, 5.74) is 2.62. The maximum atomic E-state index is 12.4. The van der Waals surface area contributed by atoms with E-state index in [0.717, 1.165) is 5.69 Å². The molecule has 1 heterocycles. The van der Waals surface area contributed by atoms with Gasteiger partial charge in [-0.05, 0) is 26.3 Å². The van der Waals surface area contributed by atoms with Crippen molar-refractivity contribution in [2.24, 2.45) is 0 Å². The second kappa shape index (κ2) is 7.09. The Kier molecular flexibility index (Phi) is 5.16. The number of rotatable bonds is 6. The van der Waals surface area contributed by atoms with Gasteiger partial charge in [0.15, 0.2) is 0 Å². The van der Waals surface area contributed by atoms with E-state index >= 15 is 0 Å². The fourth-order valence-corrected chi connectivity index (χ4v) is 2.65. The number of carbonyl (C=O) groups excluding carboxylic acids is 1. The lowest BCUT2D eigenvalue weighted by molar-refractivity contribution is -0.138. The molecule has 2 rings (SSSR count). The monoisotopic (exact) mass is 315 g/mol. The zero-order chi connectivity index (χ0) is 17.0. The zero-order valence-corrected chi connectivity index (χ0v) is 13.5. The third kappa shape index (κ3) is 3.59. The van der Waals surface area contributed by atoms with Crippen LogP contribution in [-0.4, -0.2) is 33.3 Å². The van der Waals surface area contributed by atoms with Gasteiger partial charge in [-0.15, -0.1) is 0 Å². The molecular formula is C17H21N3O3. The molecule has 1 aromatic heterocycles. The van der Waals surface area contributed by atoms with Gasteiger partial charge in [-0.3, -0.25) is 14.3 Å². The lowest BCUT2D eigenvalue weighted by Gasteiger charge is -2.14. The van der Waals surface area contributed by atoms with E-state index in [4.69, 9.17) is 0 Å². The Hall–Kier alpha value is -2.63. The van der Waals surface area contributed by atoms with Crippen molar-refractivity contribution in [3.63, 3.8) is 0 Å². The number of aliphatic carboxylic acids is 1. The molecule has 23 heavy (non-hydrogen) atoms. The van der Waals surface area contributed by atoms with Crippen LogP contribution in [0.4, 0.5) is 0 Å². The first-order valence-electron chi connectivity index (χ1n) is 7.55. The van der Waals surface area contributed by atoms with Crippen molar-refractivity contribution in [1.29, 1.82) is 0 Å². The summed E-state index contributed by atoms with van der Waals surface area (Å²) >= 11 is 0. The largest absolute Gasteiger partial charge is 0.481 e. The van der Waals surface area contributed by atoms with Gasteiger partial charge < -0.3 is 10.4 Å². The summed E-state index contributed by atoms with van der Waals surface area (Å²) in [5.74, 6) is -2.03. The van der Waals surface area contributed by atoms with E-state index in [0.29, 0.717) is 23.4 Å². The number of aromatic nitrogens is 2. The lowest BCUT2D eigenvalue weighted by atomic mass is 9.99. The van der Waals surface area contributed by atoms with Crippen molar-refractivity contribution in [1.82, 2.24) is 15.1 Å². The number of nitrogens with one attached hydrogen (secondary N) is 1. The Bertz CT molecular complexity index is 707. The Morgan fingerprint density at radius 3 is 2.43 bits per heavy atom. The first-order valence-corrected chi connectivity index (χ1v) is 7.55. The van der Waals surface area contributed by atoms with Crippen molar-refractivity contribution >= 4 is 11.9 Å². The molecule has 1 amide bonds. The van der Waals surface area contributed by atoms with Crippen LogP contribution >= 0.6 is 0 Å². The number of hydrogen-bond donors (Lipinski definition) is 2. The second-order valence-corrected chi connectivity index (χ2v) is 5.37. The summed E-state index contributed by atoms with van der Waals surface area (Å²) in [6.45, 7) is 6.29. The van der Waals surface area contributed by atoms with Crippen molar-refractivity contribution in [2.75, 3.05) is 6.54 Å². The molecular weight excluding hydrogens is 294 g/mol. The van der Waals surface area contributed by atoms with Gasteiger partial charge in [0.25, 0.3) is 5.91 Å². The van der Waals surface area contributed by atoms with Gasteiger partial charge in [0, 0.05) is 18.8 Å². The molecule has 6 nitrogen and oxygen atoms in total. The maximum absolute atomic E-state index is 12.4. The van der Waals surface area contributed by atoms with Crippen LogP contribution in [0, 0.1) is 13.8 Å². The van der Waals surface area contributed by atoms with E-state index in [9.17, 15) is 14.7 Å². The summed E-state index contributed by atoms with van der Waals surface area (Å²) in [4.78, 5) is 23.9. The Morgan fingerprint density at radius 2 is 1.91 bits per heavy atom. The van der Waals surface area contributed by atoms with Gasteiger partial charge in [-0.2, -0.15) is 5.10 Å². The molecule has 0 aliphatic heterocycles. The molecule has 0 aliphatic rings. The fraction of sp³-hybridized carbons (Fsp3) is 0.353. The number of amides is 1. The Labute approximate surface area is 135 Å². The summed E-state index contributed by atoms with van der Waals surface area (Å²) in [5, 5.41) is 16.4. The van der Waals surface area contributed by atoms with Crippen LogP contribution in [0.2, 0.25) is 0 Å². The maximum Gasteiger partial charge on any atom is 0.312 e. The number of benzene rings is 1. The molecule has 0 saturated heterocycles. The van der Waals surface area contributed by atoms with Gasteiger partial charge in [-0.1, -0.05) is 30.3 Å². The number of carboxylic acids is 1. The van der Waals surface area contributed by atoms with E-state index < -0.39 is 11.9 Å². The van der Waals surface area contributed by atoms with Crippen LogP contribution in [0.5, 0.6) is 0 Å². The fourth-order valence-electron chi connectivity index (χ4n) is 2.65. The minimum atomic E-state index is -0.964. The average Bonchev–Trinajstić information content (AvgIpc) is 2.82. The average molecular weight is 315 g/mol. The molecule has 122 valence electrons. The number of carboxylic acid groups (broad SMARTS) is 1. The van der Waals surface area contributed by atoms with Crippen molar-refractivity contribution in [3.05, 3.63) is 52.8 Å². The highest BCUT2D eigenvalue weighted by Gasteiger charge is 2.23. The molecule has 0 unspecified atom stereocenters. The summed E-state index contributed by atoms with van der Waals surface area (Å²) in [7, 11) is 0.